The topological polar surface area (TPSA) is 126 Å². The largest absolute Gasteiger partial charge is 0.478 e. The average Bonchev–Trinajstić information content (AvgIpc) is 2.59. The predicted octanol–water partition coefficient (Wildman–Crippen LogP) is 1.23. The second-order valence-corrected chi connectivity index (χ2v) is 4.94. The van der Waals surface area contributed by atoms with Gasteiger partial charge >= 0.3 is 11.8 Å². The Bertz CT molecular complexity index is 765. The van der Waals surface area contributed by atoms with Crippen molar-refractivity contribution in [2.75, 3.05) is 5.32 Å². The zero-order valence-corrected chi connectivity index (χ0v) is 12.9. The Morgan fingerprint density at radius 2 is 1.83 bits per heavy atom. The van der Waals surface area contributed by atoms with Gasteiger partial charge in [0.05, 0.1) is 10.7 Å². The number of anilines is 1. The lowest BCUT2D eigenvalue weighted by atomic mass is 10.1. The van der Waals surface area contributed by atoms with E-state index in [0.717, 1.165) is 28.5 Å². The molecule has 0 aromatic heterocycles. The Morgan fingerprint density at radius 1 is 1.17 bits per heavy atom. The van der Waals surface area contributed by atoms with Gasteiger partial charge in [0, 0.05) is 23.5 Å². The Balaban J connectivity index is 1.93. The summed E-state index contributed by atoms with van der Waals surface area (Å²) in [5, 5.41) is 24.3. The molecule has 7 nitrogen and oxygen atoms in total. The molecule has 2 aromatic carbocycles. The number of carboxylic acids is 1. The lowest BCUT2D eigenvalue weighted by Crippen LogP contribution is -2.38. The van der Waals surface area contributed by atoms with Crippen LogP contribution in [0.4, 0.5) is 5.69 Å². The van der Waals surface area contributed by atoms with Crippen molar-refractivity contribution in [3.05, 3.63) is 71.3 Å². The van der Waals surface area contributed by atoms with Crippen LogP contribution in [0.3, 0.4) is 0 Å². The van der Waals surface area contributed by atoms with Crippen LogP contribution in [-0.4, -0.2) is 16.9 Å². The minimum absolute atomic E-state index is 0.258. The zero-order chi connectivity index (χ0) is 17.4. The molecule has 0 amide bonds. The summed E-state index contributed by atoms with van der Waals surface area (Å²) in [5.74, 6) is 4.26. The Kier molecular flexibility index (Phi) is 5.79. The number of rotatable bonds is 6. The highest BCUT2D eigenvalue weighted by Gasteiger charge is 2.07. The first-order valence-electron chi connectivity index (χ1n) is 7.16. The lowest BCUT2D eigenvalue weighted by Gasteiger charge is -2.07. The maximum atomic E-state index is 10.5. The van der Waals surface area contributed by atoms with Crippen LogP contribution in [0.15, 0.2) is 64.9 Å². The molecular weight excluding hydrogens is 306 g/mol. The number of carboxylic acid groups (broad SMARTS) is 1. The number of hydrogen-bond acceptors (Lipinski definition) is 3. The Morgan fingerprint density at radius 3 is 2.42 bits per heavy atom. The molecule has 2 aromatic rings. The van der Waals surface area contributed by atoms with Crippen LogP contribution in [0, 0.1) is 0 Å². The first-order valence-corrected chi connectivity index (χ1v) is 7.16. The van der Waals surface area contributed by atoms with Gasteiger partial charge in [-0.3, -0.25) is 11.3 Å². The summed E-state index contributed by atoms with van der Waals surface area (Å²) in [7, 11) is 0. The van der Waals surface area contributed by atoms with Gasteiger partial charge in [-0.25, -0.2) is 4.79 Å². The van der Waals surface area contributed by atoms with Crippen LogP contribution in [-0.2, 0) is 11.3 Å². The van der Waals surface area contributed by atoms with E-state index in [1.54, 1.807) is 6.08 Å². The van der Waals surface area contributed by atoms with Crippen LogP contribution in [0.1, 0.15) is 16.7 Å². The average molecular weight is 324 g/mol. The van der Waals surface area contributed by atoms with Crippen LogP contribution in [0.2, 0.25) is 0 Å². The monoisotopic (exact) mass is 324 g/mol. The fraction of sp³-hybridized carbons (Fsp3) is 0.0588. The fourth-order valence-corrected chi connectivity index (χ4v) is 2.00. The minimum Gasteiger partial charge on any atom is -0.478 e. The molecule has 0 fully saturated rings. The van der Waals surface area contributed by atoms with Crippen LogP contribution >= 0.6 is 0 Å². The first-order chi connectivity index (χ1) is 11.6. The van der Waals surface area contributed by atoms with Gasteiger partial charge in [0.2, 0.25) is 0 Å². The van der Waals surface area contributed by atoms with E-state index in [9.17, 15) is 4.79 Å². The smallest absolute Gasteiger partial charge is 0.350 e. The van der Waals surface area contributed by atoms with Crippen LogP contribution in [0.25, 0.3) is 6.08 Å². The zero-order valence-electron chi connectivity index (χ0n) is 12.9. The molecule has 0 aliphatic heterocycles. The molecule has 0 aliphatic carbocycles. The first kappa shape index (κ1) is 16.9. The molecule has 0 aliphatic rings. The van der Waals surface area contributed by atoms with Gasteiger partial charge in [0.15, 0.2) is 0 Å². The van der Waals surface area contributed by atoms with E-state index in [2.05, 4.69) is 15.7 Å². The maximum Gasteiger partial charge on any atom is 0.350 e. The molecule has 0 saturated heterocycles. The van der Waals surface area contributed by atoms with E-state index >= 15 is 0 Å². The SMILES string of the molecule is NN=NC(=[NH2+])c1ccc(NCc2ccc(/C=C/C(=O)O)cc2)cc1. The van der Waals surface area contributed by atoms with Crippen molar-refractivity contribution in [2.24, 2.45) is 16.2 Å². The number of nitrogens with two attached hydrogens (primary N) is 2. The van der Waals surface area contributed by atoms with Crippen molar-refractivity contribution < 1.29 is 15.3 Å². The molecule has 122 valence electrons. The molecule has 0 heterocycles. The second-order valence-electron chi connectivity index (χ2n) is 4.94. The normalized spacial score (nSPS) is 11.0. The highest BCUT2D eigenvalue weighted by Crippen LogP contribution is 2.12. The summed E-state index contributed by atoms with van der Waals surface area (Å²) in [6, 6.07) is 15.0. The van der Waals surface area contributed by atoms with Gasteiger partial charge in [-0.15, -0.1) is 0 Å². The van der Waals surface area contributed by atoms with Crippen molar-refractivity contribution in [3.8, 4) is 0 Å². The number of nitrogens with one attached hydrogen (secondary N) is 1. The van der Waals surface area contributed by atoms with E-state index in [4.69, 9.17) is 16.4 Å². The quantitative estimate of drug-likeness (QED) is 0.159. The van der Waals surface area contributed by atoms with Gasteiger partial charge in [0.25, 0.3) is 0 Å². The molecule has 0 unspecified atom stereocenters. The summed E-state index contributed by atoms with van der Waals surface area (Å²) in [6.45, 7) is 0.643. The molecular formula is C17H18N5O2+. The van der Waals surface area contributed by atoms with Gasteiger partial charge in [-0.1, -0.05) is 24.3 Å². The molecule has 0 atom stereocenters. The molecule has 0 radical (unpaired) electrons. The van der Waals surface area contributed by atoms with E-state index in [0.29, 0.717) is 6.54 Å². The Labute approximate surface area is 139 Å². The molecule has 0 spiro atoms. The number of amidine groups is 1. The summed E-state index contributed by atoms with van der Waals surface area (Å²) >= 11 is 0. The van der Waals surface area contributed by atoms with E-state index < -0.39 is 5.97 Å². The van der Waals surface area contributed by atoms with Crippen LogP contribution < -0.4 is 16.6 Å². The van der Waals surface area contributed by atoms with Crippen molar-refractivity contribution >= 4 is 23.6 Å². The third-order valence-corrected chi connectivity index (χ3v) is 3.24. The number of hydrogen-bond donors (Lipinski definition) is 4. The van der Waals surface area contributed by atoms with Gasteiger partial charge in [-0.05, 0) is 41.5 Å². The van der Waals surface area contributed by atoms with Gasteiger partial charge < -0.3 is 10.4 Å². The molecule has 2 rings (SSSR count). The van der Waals surface area contributed by atoms with E-state index in [-0.39, 0.29) is 5.84 Å². The number of aliphatic carboxylic acids is 1. The fourth-order valence-electron chi connectivity index (χ4n) is 2.00. The second kappa shape index (κ2) is 8.23. The van der Waals surface area contributed by atoms with E-state index in [1.165, 1.54) is 0 Å². The van der Waals surface area contributed by atoms with Crippen molar-refractivity contribution in [1.82, 2.24) is 0 Å². The summed E-state index contributed by atoms with van der Waals surface area (Å²) in [4.78, 5) is 10.5. The predicted molar refractivity (Wildman–Crippen MR) is 92.0 cm³/mol. The van der Waals surface area contributed by atoms with Gasteiger partial charge in [0.1, 0.15) is 0 Å². The third-order valence-electron chi connectivity index (χ3n) is 3.24. The standard InChI is InChI=1S/C17H17N5O2/c18-17(21-22-19)14-6-8-15(9-7-14)20-11-13-3-1-12(2-4-13)5-10-16(23)24/h1-10,20H,11H2,(H,23,24)(H3,18,19,21)/p+1/b10-5+. The summed E-state index contributed by atoms with van der Waals surface area (Å²) in [5.41, 5.74) is 3.59. The summed E-state index contributed by atoms with van der Waals surface area (Å²) < 4.78 is 0. The highest BCUT2D eigenvalue weighted by molar-refractivity contribution is 5.94. The van der Waals surface area contributed by atoms with E-state index in [1.807, 2.05) is 48.5 Å². The maximum absolute atomic E-state index is 10.5. The van der Waals surface area contributed by atoms with Gasteiger partial charge in [-0.2, -0.15) is 0 Å². The minimum atomic E-state index is -0.963. The lowest BCUT2D eigenvalue weighted by molar-refractivity contribution is -0.131. The molecule has 7 heteroatoms. The Hall–Kier alpha value is -3.48. The number of benzene rings is 2. The number of nitrogens with zero attached hydrogens (tertiary/aromatic N) is 2. The van der Waals surface area contributed by atoms with Crippen molar-refractivity contribution in [2.45, 2.75) is 6.54 Å². The highest BCUT2D eigenvalue weighted by atomic mass is 16.4. The molecule has 0 saturated carbocycles. The number of carbonyl (C=O) groups is 1. The molecule has 6 N–H and O–H groups in total. The van der Waals surface area contributed by atoms with Crippen molar-refractivity contribution in [1.29, 1.82) is 0 Å². The molecule has 0 bridgehead atoms. The summed E-state index contributed by atoms with van der Waals surface area (Å²) in [6.07, 6.45) is 2.67. The van der Waals surface area contributed by atoms with Crippen molar-refractivity contribution in [3.63, 3.8) is 0 Å². The van der Waals surface area contributed by atoms with Crippen LogP contribution in [0.5, 0.6) is 0 Å². The third kappa shape index (κ3) is 5.06. The molecule has 24 heavy (non-hydrogen) atoms.